The van der Waals surface area contributed by atoms with E-state index in [0.29, 0.717) is 12.0 Å². The number of nitrogens with two attached hydrogens (primary N) is 1. The molecule has 1 aliphatic carbocycles. The summed E-state index contributed by atoms with van der Waals surface area (Å²) in [6.07, 6.45) is 2.56. The van der Waals surface area contributed by atoms with Crippen molar-refractivity contribution in [2.75, 3.05) is 40.5 Å². The zero-order valence-electron chi connectivity index (χ0n) is 12.2. The molecule has 0 spiro atoms. The van der Waals surface area contributed by atoms with Crippen molar-refractivity contribution in [2.45, 2.75) is 38.3 Å². The molecule has 3 unspecified atom stereocenters. The van der Waals surface area contributed by atoms with Crippen LogP contribution in [0.5, 0.6) is 0 Å². The Kier molecular flexibility index (Phi) is 4.02. The standard InChI is InChI=1S/C14H28N2O2/c1-13(2)12-11(6-9-18-12)14(13,15)10-16(3)7-5-8-17-4/h11-12H,5-10,15H2,1-4H3. The van der Waals surface area contributed by atoms with Crippen molar-refractivity contribution in [3.8, 4) is 0 Å². The molecule has 0 aromatic carbocycles. The van der Waals surface area contributed by atoms with Crippen molar-refractivity contribution in [2.24, 2.45) is 17.1 Å². The molecule has 2 N–H and O–H groups in total. The van der Waals surface area contributed by atoms with Crippen molar-refractivity contribution in [1.29, 1.82) is 0 Å². The Hall–Kier alpha value is -0.160. The van der Waals surface area contributed by atoms with Crippen LogP contribution in [-0.4, -0.2) is 57.0 Å². The number of nitrogens with zero attached hydrogens (tertiary/aromatic N) is 1. The monoisotopic (exact) mass is 256 g/mol. The lowest BCUT2D eigenvalue weighted by Gasteiger charge is -2.63. The summed E-state index contributed by atoms with van der Waals surface area (Å²) in [4.78, 5) is 2.34. The highest BCUT2D eigenvalue weighted by atomic mass is 16.5. The van der Waals surface area contributed by atoms with Gasteiger partial charge in [0.05, 0.1) is 6.10 Å². The van der Waals surface area contributed by atoms with Crippen LogP contribution in [0.15, 0.2) is 0 Å². The smallest absolute Gasteiger partial charge is 0.0691 e. The molecule has 18 heavy (non-hydrogen) atoms. The molecule has 1 saturated heterocycles. The van der Waals surface area contributed by atoms with Gasteiger partial charge in [0.25, 0.3) is 0 Å². The quantitative estimate of drug-likeness (QED) is 0.723. The van der Waals surface area contributed by atoms with Crippen molar-refractivity contribution < 1.29 is 9.47 Å². The van der Waals surface area contributed by atoms with Gasteiger partial charge in [-0.3, -0.25) is 0 Å². The molecule has 4 heteroatoms. The Morgan fingerprint density at radius 1 is 1.44 bits per heavy atom. The van der Waals surface area contributed by atoms with E-state index in [1.807, 2.05) is 0 Å². The molecule has 1 saturated carbocycles. The first-order valence-electron chi connectivity index (χ1n) is 7.01. The van der Waals surface area contributed by atoms with Gasteiger partial charge in [-0.05, 0) is 19.9 Å². The molecule has 0 aromatic heterocycles. The molecule has 2 rings (SSSR count). The van der Waals surface area contributed by atoms with Gasteiger partial charge in [-0.1, -0.05) is 13.8 Å². The summed E-state index contributed by atoms with van der Waals surface area (Å²) in [6.45, 7) is 8.20. The van der Waals surface area contributed by atoms with E-state index in [1.54, 1.807) is 7.11 Å². The molecular formula is C14H28N2O2. The molecular weight excluding hydrogens is 228 g/mol. The second kappa shape index (κ2) is 5.08. The van der Waals surface area contributed by atoms with Crippen LogP contribution in [0, 0.1) is 11.3 Å². The van der Waals surface area contributed by atoms with Gasteiger partial charge in [0.15, 0.2) is 0 Å². The lowest BCUT2D eigenvalue weighted by molar-refractivity contribution is -0.161. The number of ether oxygens (including phenoxy) is 2. The first-order chi connectivity index (χ1) is 8.43. The number of hydrogen-bond donors (Lipinski definition) is 1. The second-order valence-corrected chi connectivity index (χ2v) is 6.53. The average molecular weight is 256 g/mol. The number of rotatable bonds is 6. The van der Waals surface area contributed by atoms with Crippen LogP contribution in [0.25, 0.3) is 0 Å². The molecule has 2 fully saturated rings. The maximum absolute atomic E-state index is 6.72. The fraction of sp³-hybridized carbons (Fsp3) is 1.00. The molecule has 0 bridgehead atoms. The third kappa shape index (κ3) is 2.09. The Morgan fingerprint density at radius 2 is 2.17 bits per heavy atom. The summed E-state index contributed by atoms with van der Waals surface area (Å²) in [5, 5.41) is 0. The van der Waals surface area contributed by atoms with E-state index < -0.39 is 0 Å². The summed E-state index contributed by atoms with van der Waals surface area (Å²) in [6, 6.07) is 0. The summed E-state index contributed by atoms with van der Waals surface area (Å²) in [5.74, 6) is 0.539. The van der Waals surface area contributed by atoms with E-state index in [4.69, 9.17) is 15.2 Å². The van der Waals surface area contributed by atoms with Crippen LogP contribution < -0.4 is 5.73 Å². The third-order valence-corrected chi connectivity index (χ3v) is 5.08. The number of methoxy groups -OCH3 is 1. The summed E-state index contributed by atoms with van der Waals surface area (Å²) in [7, 11) is 3.91. The Bertz CT molecular complexity index is 296. The topological polar surface area (TPSA) is 47.7 Å². The molecule has 0 radical (unpaired) electrons. The van der Waals surface area contributed by atoms with Crippen LogP contribution in [0.4, 0.5) is 0 Å². The van der Waals surface area contributed by atoms with E-state index in [-0.39, 0.29) is 11.0 Å². The Morgan fingerprint density at radius 3 is 2.83 bits per heavy atom. The van der Waals surface area contributed by atoms with Crippen molar-refractivity contribution in [3.63, 3.8) is 0 Å². The largest absolute Gasteiger partial charge is 0.385 e. The molecule has 0 aromatic rings. The van der Waals surface area contributed by atoms with Crippen LogP contribution in [0.1, 0.15) is 26.7 Å². The first-order valence-corrected chi connectivity index (χ1v) is 7.01. The fourth-order valence-electron chi connectivity index (χ4n) is 3.80. The third-order valence-electron chi connectivity index (χ3n) is 5.08. The van der Waals surface area contributed by atoms with Crippen LogP contribution in [0.3, 0.4) is 0 Å². The van der Waals surface area contributed by atoms with E-state index in [1.165, 1.54) is 0 Å². The van der Waals surface area contributed by atoms with Gasteiger partial charge in [0, 0.05) is 50.3 Å². The van der Waals surface area contributed by atoms with Crippen molar-refractivity contribution in [1.82, 2.24) is 4.90 Å². The highest BCUT2D eigenvalue weighted by Crippen LogP contribution is 2.58. The molecule has 106 valence electrons. The molecule has 0 amide bonds. The van der Waals surface area contributed by atoms with Gasteiger partial charge >= 0.3 is 0 Å². The van der Waals surface area contributed by atoms with Gasteiger partial charge in [0.2, 0.25) is 0 Å². The minimum Gasteiger partial charge on any atom is -0.385 e. The lowest BCUT2D eigenvalue weighted by Crippen LogP contribution is -2.78. The highest BCUT2D eigenvalue weighted by Gasteiger charge is 2.67. The molecule has 1 heterocycles. The maximum Gasteiger partial charge on any atom is 0.0691 e. The van der Waals surface area contributed by atoms with Crippen molar-refractivity contribution in [3.05, 3.63) is 0 Å². The summed E-state index contributed by atoms with van der Waals surface area (Å²) < 4.78 is 10.9. The van der Waals surface area contributed by atoms with Gasteiger partial charge < -0.3 is 20.1 Å². The van der Waals surface area contributed by atoms with Gasteiger partial charge in [0.1, 0.15) is 0 Å². The predicted molar refractivity (Wildman–Crippen MR) is 72.5 cm³/mol. The lowest BCUT2D eigenvalue weighted by atomic mass is 9.48. The van der Waals surface area contributed by atoms with Crippen LogP contribution in [-0.2, 0) is 9.47 Å². The van der Waals surface area contributed by atoms with Gasteiger partial charge in [-0.25, -0.2) is 0 Å². The Balaban J connectivity index is 1.91. The summed E-state index contributed by atoms with van der Waals surface area (Å²) in [5.41, 5.74) is 6.70. The normalized spacial score (nSPS) is 37.7. The predicted octanol–water partition coefficient (Wildman–Crippen LogP) is 1.10. The maximum atomic E-state index is 6.72. The zero-order valence-corrected chi connectivity index (χ0v) is 12.2. The second-order valence-electron chi connectivity index (χ2n) is 6.53. The summed E-state index contributed by atoms with van der Waals surface area (Å²) >= 11 is 0. The van der Waals surface area contributed by atoms with Crippen LogP contribution in [0.2, 0.25) is 0 Å². The van der Waals surface area contributed by atoms with E-state index in [0.717, 1.165) is 39.1 Å². The molecule has 4 nitrogen and oxygen atoms in total. The van der Waals surface area contributed by atoms with Crippen molar-refractivity contribution >= 4 is 0 Å². The first kappa shape index (κ1) is 14.3. The van der Waals surface area contributed by atoms with E-state index in [9.17, 15) is 0 Å². The SMILES string of the molecule is COCCCN(C)CC1(N)C2CCOC2C1(C)C. The minimum atomic E-state index is -0.101. The number of hydrogen-bond acceptors (Lipinski definition) is 4. The number of likely N-dealkylation sites (N-methyl/N-ethyl adjacent to an activating group) is 1. The molecule has 1 aliphatic heterocycles. The zero-order chi connectivity index (χ0) is 13.4. The molecule has 2 aliphatic rings. The van der Waals surface area contributed by atoms with Gasteiger partial charge in [-0.2, -0.15) is 0 Å². The number of fused-ring (bicyclic) bond motifs is 1. The Labute approximate surface area is 111 Å². The van der Waals surface area contributed by atoms with Crippen LogP contribution >= 0.6 is 0 Å². The average Bonchev–Trinajstić information content (AvgIpc) is 2.77. The van der Waals surface area contributed by atoms with Gasteiger partial charge in [-0.15, -0.1) is 0 Å². The highest BCUT2D eigenvalue weighted by molar-refractivity contribution is 5.21. The molecule has 3 atom stereocenters. The van der Waals surface area contributed by atoms with E-state index in [2.05, 4.69) is 25.8 Å². The minimum absolute atomic E-state index is 0.0870. The van der Waals surface area contributed by atoms with E-state index >= 15 is 0 Å². The fourth-order valence-corrected chi connectivity index (χ4v) is 3.80.